The van der Waals surface area contributed by atoms with E-state index in [2.05, 4.69) is 36.9 Å². The van der Waals surface area contributed by atoms with E-state index < -0.39 is 0 Å². The topological polar surface area (TPSA) is 51.0 Å². The third-order valence-corrected chi connectivity index (χ3v) is 4.78. The van der Waals surface area contributed by atoms with E-state index in [9.17, 15) is 4.79 Å². The van der Waals surface area contributed by atoms with E-state index in [1.807, 2.05) is 42.9 Å². The molecule has 130 valence electrons. The third-order valence-electron chi connectivity index (χ3n) is 4.78. The molecule has 0 aliphatic carbocycles. The number of aromatic nitrogens is 3. The Morgan fingerprint density at radius 1 is 1.33 bits per heavy atom. The summed E-state index contributed by atoms with van der Waals surface area (Å²) in [7, 11) is 3.82. The maximum absolute atomic E-state index is 12.5. The van der Waals surface area contributed by atoms with Crippen LogP contribution in [0.4, 0.5) is 0 Å². The van der Waals surface area contributed by atoms with E-state index in [-0.39, 0.29) is 11.9 Å². The standard InChI is InChI=1S/C19H28N4O/c1-13-9-10-20-17(11-13)12-14(2)22(5)19(24)8-7-18-15(3)21-23(6)16(18)4/h9-11,14H,7-8,12H2,1-6H3/t14-/m0/s1. The van der Waals surface area contributed by atoms with Crippen LogP contribution in [0.2, 0.25) is 0 Å². The Bertz CT molecular complexity index is 720. The molecule has 0 radical (unpaired) electrons. The minimum Gasteiger partial charge on any atom is -0.343 e. The number of rotatable bonds is 6. The molecule has 1 atom stereocenters. The van der Waals surface area contributed by atoms with Gasteiger partial charge in [0.05, 0.1) is 5.69 Å². The molecule has 0 aliphatic rings. The molecule has 0 unspecified atom stereocenters. The molecular formula is C19H28N4O. The van der Waals surface area contributed by atoms with Crippen molar-refractivity contribution in [1.29, 1.82) is 0 Å². The second-order valence-electron chi connectivity index (χ2n) is 6.66. The molecular weight excluding hydrogens is 300 g/mol. The molecule has 24 heavy (non-hydrogen) atoms. The summed E-state index contributed by atoms with van der Waals surface area (Å²) in [6.07, 6.45) is 3.85. The zero-order chi connectivity index (χ0) is 17.9. The lowest BCUT2D eigenvalue weighted by Gasteiger charge is -2.25. The highest BCUT2D eigenvalue weighted by Gasteiger charge is 2.18. The van der Waals surface area contributed by atoms with E-state index in [1.165, 1.54) is 11.1 Å². The van der Waals surface area contributed by atoms with Crippen molar-refractivity contribution in [3.8, 4) is 0 Å². The summed E-state index contributed by atoms with van der Waals surface area (Å²) in [5.74, 6) is 0.165. The smallest absolute Gasteiger partial charge is 0.222 e. The van der Waals surface area contributed by atoms with Gasteiger partial charge in [-0.2, -0.15) is 5.10 Å². The molecule has 0 saturated heterocycles. The zero-order valence-corrected chi connectivity index (χ0v) is 15.6. The molecule has 5 nitrogen and oxygen atoms in total. The first-order chi connectivity index (χ1) is 11.3. The predicted molar refractivity (Wildman–Crippen MR) is 95.9 cm³/mol. The number of carbonyl (C=O) groups is 1. The minimum absolute atomic E-state index is 0.128. The molecule has 2 heterocycles. The predicted octanol–water partition coefficient (Wildman–Crippen LogP) is 2.76. The molecule has 5 heteroatoms. The van der Waals surface area contributed by atoms with Gasteiger partial charge in [0.25, 0.3) is 0 Å². The average molecular weight is 328 g/mol. The monoisotopic (exact) mass is 328 g/mol. The van der Waals surface area contributed by atoms with Crippen LogP contribution in [0.1, 0.15) is 41.6 Å². The fraction of sp³-hybridized carbons (Fsp3) is 0.526. The minimum atomic E-state index is 0.128. The molecule has 2 rings (SSSR count). The molecule has 0 spiro atoms. The average Bonchev–Trinajstić information content (AvgIpc) is 2.77. The molecule has 0 saturated carbocycles. The van der Waals surface area contributed by atoms with Crippen LogP contribution < -0.4 is 0 Å². The van der Waals surface area contributed by atoms with Crippen molar-refractivity contribution in [3.05, 3.63) is 46.5 Å². The number of nitrogens with zero attached hydrogens (tertiary/aromatic N) is 4. The van der Waals surface area contributed by atoms with Crippen LogP contribution in [-0.2, 0) is 24.7 Å². The van der Waals surface area contributed by atoms with Gasteiger partial charge in [-0.05, 0) is 57.4 Å². The van der Waals surface area contributed by atoms with Crippen LogP contribution in [-0.4, -0.2) is 38.7 Å². The van der Waals surface area contributed by atoms with Crippen molar-refractivity contribution in [2.45, 2.75) is 53.0 Å². The molecule has 0 fully saturated rings. The Kier molecular flexibility index (Phi) is 5.75. The first-order valence-corrected chi connectivity index (χ1v) is 8.45. The zero-order valence-electron chi connectivity index (χ0n) is 15.6. The summed E-state index contributed by atoms with van der Waals surface area (Å²) < 4.78 is 1.88. The molecule has 2 aromatic heterocycles. The van der Waals surface area contributed by atoms with Gasteiger partial charge in [-0.25, -0.2) is 0 Å². The Balaban J connectivity index is 1.93. The molecule has 2 aromatic rings. The van der Waals surface area contributed by atoms with Crippen molar-refractivity contribution in [1.82, 2.24) is 19.7 Å². The second kappa shape index (κ2) is 7.60. The van der Waals surface area contributed by atoms with Crippen LogP contribution in [0.5, 0.6) is 0 Å². The maximum Gasteiger partial charge on any atom is 0.222 e. The number of hydrogen-bond acceptors (Lipinski definition) is 3. The Hall–Kier alpha value is -2.17. The highest BCUT2D eigenvalue weighted by atomic mass is 16.2. The lowest BCUT2D eigenvalue weighted by molar-refractivity contribution is -0.131. The fourth-order valence-corrected chi connectivity index (χ4v) is 2.98. The van der Waals surface area contributed by atoms with Crippen LogP contribution in [0.3, 0.4) is 0 Å². The van der Waals surface area contributed by atoms with Gasteiger partial charge in [0, 0.05) is 50.6 Å². The summed E-state index contributed by atoms with van der Waals surface area (Å²) in [5.41, 5.74) is 5.57. The summed E-state index contributed by atoms with van der Waals surface area (Å²) >= 11 is 0. The van der Waals surface area contributed by atoms with E-state index >= 15 is 0 Å². The number of pyridine rings is 1. The van der Waals surface area contributed by atoms with E-state index in [0.717, 1.165) is 29.9 Å². The first-order valence-electron chi connectivity index (χ1n) is 8.45. The van der Waals surface area contributed by atoms with Gasteiger partial charge < -0.3 is 4.90 Å². The molecule has 0 aromatic carbocycles. The first kappa shape index (κ1) is 18.2. The van der Waals surface area contributed by atoms with Gasteiger partial charge >= 0.3 is 0 Å². The number of carbonyl (C=O) groups excluding carboxylic acids is 1. The third kappa shape index (κ3) is 4.22. The molecule has 0 aliphatic heterocycles. The van der Waals surface area contributed by atoms with Gasteiger partial charge in [0.2, 0.25) is 5.91 Å². The van der Waals surface area contributed by atoms with Crippen molar-refractivity contribution < 1.29 is 4.79 Å². The Labute approximate surface area is 144 Å². The Morgan fingerprint density at radius 3 is 2.62 bits per heavy atom. The summed E-state index contributed by atoms with van der Waals surface area (Å²) in [6, 6.07) is 4.20. The van der Waals surface area contributed by atoms with Crippen LogP contribution in [0.25, 0.3) is 0 Å². The number of aryl methyl sites for hydroxylation is 3. The summed E-state index contributed by atoms with van der Waals surface area (Å²) in [4.78, 5) is 18.8. The van der Waals surface area contributed by atoms with Gasteiger partial charge in [0.1, 0.15) is 0 Å². The summed E-state index contributed by atoms with van der Waals surface area (Å²) in [6.45, 7) is 8.18. The van der Waals surface area contributed by atoms with Crippen molar-refractivity contribution in [2.24, 2.45) is 7.05 Å². The Morgan fingerprint density at radius 2 is 2.04 bits per heavy atom. The highest BCUT2D eigenvalue weighted by molar-refractivity contribution is 5.76. The fourth-order valence-electron chi connectivity index (χ4n) is 2.98. The van der Waals surface area contributed by atoms with Crippen molar-refractivity contribution in [2.75, 3.05) is 7.05 Å². The van der Waals surface area contributed by atoms with E-state index in [1.54, 1.807) is 0 Å². The van der Waals surface area contributed by atoms with Crippen molar-refractivity contribution >= 4 is 5.91 Å². The van der Waals surface area contributed by atoms with Crippen LogP contribution >= 0.6 is 0 Å². The van der Waals surface area contributed by atoms with E-state index in [4.69, 9.17) is 0 Å². The lowest BCUT2D eigenvalue weighted by atomic mass is 10.1. The highest BCUT2D eigenvalue weighted by Crippen LogP contribution is 2.15. The van der Waals surface area contributed by atoms with Gasteiger partial charge in [0.15, 0.2) is 0 Å². The summed E-state index contributed by atoms with van der Waals surface area (Å²) in [5, 5.41) is 4.42. The van der Waals surface area contributed by atoms with Gasteiger partial charge in [-0.1, -0.05) is 0 Å². The quantitative estimate of drug-likeness (QED) is 0.819. The number of amides is 1. The van der Waals surface area contributed by atoms with E-state index in [0.29, 0.717) is 6.42 Å². The van der Waals surface area contributed by atoms with Gasteiger partial charge in [-0.15, -0.1) is 0 Å². The molecule has 0 N–H and O–H groups in total. The lowest BCUT2D eigenvalue weighted by Crippen LogP contribution is -2.36. The van der Waals surface area contributed by atoms with Gasteiger partial charge in [-0.3, -0.25) is 14.5 Å². The van der Waals surface area contributed by atoms with Crippen LogP contribution in [0.15, 0.2) is 18.3 Å². The number of hydrogen-bond donors (Lipinski definition) is 0. The SMILES string of the molecule is Cc1ccnc(C[C@H](C)N(C)C(=O)CCc2c(C)nn(C)c2C)c1. The molecule has 1 amide bonds. The van der Waals surface area contributed by atoms with Crippen molar-refractivity contribution in [3.63, 3.8) is 0 Å². The number of likely N-dealkylation sites (N-methyl/N-ethyl adjacent to an activating group) is 1. The van der Waals surface area contributed by atoms with Crippen LogP contribution in [0, 0.1) is 20.8 Å². The molecule has 0 bridgehead atoms. The normalized spacial score (nSPS) is 12.2. The second-order valence-corrected chi connectivity index (χ2v) is 6.66. The largest absolute Gasteiger partial charge is 0.343 e. The maximum atomic E-state index is 12.5.